The van der Waals surface area contributed by atoms with Crippen molar-refractivity contribution in [1.82, 2.24) is 4.98 Å². The third-order valence-corrected chi connectivity index (χ3v) is 10.9. The van der Waals surface area contributed by atoms with Crippen LogP contribution in [0, 0.1) is 5.41 Å². The highest BCUT2D eigenvalue weighted by Crippen LogP contribution is 2.41. The van der Waals surface area contributed by atoms with Crippen molar-refractivity contribution < 1.29 is 13.9 Å². The Hall–Kier alpha value is -0.983. The minimum atomic E-state index is -1.94. The van der Waals surface area contributed by atoms with Gasteiger partial charge in [0.05, 0.1) is 5.03 Å². The van der Waals surface area contributed by atoms with Gasteiger partial charge in [0.1, 0.15) is 23.6 Å². The molecule has 6 heteroatoms. The molecule has 1 saturated heterocycles. The van der Waals surface area contributed by atoms with Crippen molar-refractivity contribution in [3.05, 3.63) is 36.4 Å². The number of hydrogen-bond acceptors (Lipinski definition) is 5. The standard InChI is InChI=1S/C22H37NO3SSi/c1-21(2,3)18(26-28(7,8)22(4,5)6)16-25-17-12-11-15-24-20(17)27-19-13-9-10-14-23-19/h9-10,13-14,16-17,20H,11-12,15H2,1-8H3/b18-16-/t17-,20+/m1/s1. The van der Waals surface area contributed by atoms with Crippen LogP contribution < -0.4 is 0 Å². The van der Waals surface area contributed by atoms with Gasteiger partial charge < -0.3 is 13.9 Å². The zero-order valence-electron chi connectivity index (χ0n) is 18.7. The number of hydrogen-bond donors (Lipinski definition) is 0. The van der Waals surface area contributed by atoms with E-state index in [2.05, 4.69) is 59.6 Å². The zero-order chi connectivity index (χ0) is 21.0. The molecule has 0 unspecified atom stereocenters. The first-order chi connectivity index (χ1) is 12.9. The lowest BCUT2D eigenvalue weighted by Crippen LogP contribution is -2.42. The van der Waals surface area contributed by atoms with Gasteiger partial charge in [0.25, 0.3) is 0 Å². The molecule has 0 aromatic carbocycles. The van der Waals surface area contributed by atoms with E-state index < -0.39 is 8.32 Å². The van der Waals surface area contributed by atoms with Crippen molar-refractivity contribution in [3.63, 3.8) is 0 Å². The van der Waals surface area contributed by atoms with Gasteiger partial charge in [-0.15, -0.1) is 0 Å². The molecule has 0 spiro atoms. The third kappa shape index (κ3) is 6.53. The highest BCUT2D eigenvalue weighted by molar-refractivity contribution is 7.99. The maximum Gasteiger partial charge on any atom is 0.250 e. The van der Waals surface area contributed by atoms with Crippen LogP contribution in [0.2, 0.25) is 18.1 Å². The third-order valence-electron chi connectivity index (χ3n) is 5.35. The van der Waals surface area contributed by atoms with Crippen molar-refractivity contribution in [2.24, 2.45) is 5.41 Å². The van der Waals surface area contributed by atoms with Gasteiger partial charge in [0.2, 0.25) is 8.32 Å². The molecule has 0 N–H and O–H groups in total. The average Bonchev–Trinajstić information content (AvgIpc) is 2.58. The van der Waals surface area contributed by atoms with Crippen LogP contribution in [-0.2, 0) is 13.9 Å². The first kappa shape index (κ1) is 23.3. The Balaban J connectivity index is 2.14. The van der Waals surface area contributed by atoms with Crippen molar-refractivity contribution in [2.45, 2.75) is 89.1 Å². The molecule has 1 aliphatic heterocycles. The quantitative estimate of drug-likeness (QED) is 0.380. The van der Waals surface area contributed by atoms with E-state index in [1.807, 2.05) is 30.7 Å². The molecule has 0 bridgehead atoms. The number of ether oxygens (including phenoxy) is 2. The average molecular weight is 424 g/mol. The summed E-state index contributed by atoms with van der Waals surface area (Å²) in [5, 5.41) is 1.10. The lowest BCUT2D eigenvalue weighted by Gasteiger charge is -2.40. The molecule has 1 aromatic rings. The summed E-state index contributed by atoms with van der Waals surface area (Å²) in [5.74, 6) is 0.922. The molecule has 0 saturated carbocycles. The van der Waals surface area contributed by atoms with E-state index in [4.69, 9.17) is 13.9 Å². The van der Waals surface area contributed by atoms with Crippen molar-refractivity contribution in [3.8, 4) is 0 Å². The van der Waals surface area contributed by atoms with E-state index in [9.17, 15) is 0 Å². The van der Waals surface area contributed by atoms with Crippen LogP contribution in [0.4, 0.5) is 0 Å². The Morgan fingerprint density at radius 1 is 1.21 bits per heavy atom. The summed E-state index contributed by atoms with van der Waals surface area (Å²) in [6.07, 6.45) is 5.63. The van der Waals surface area contributed by atoms with Gasteiger partial charge >= 0.3 is 0 Å². The molecule has 1 aliphatic rings. The van der Waals surface area contributed by atoms with Gasteiger partial charge in [0, 0.05) is 18.2 Å². The molecule has 0 amide bonds. The first-order valence-corrected chi connectivity index (χ1v) is 13.9. The van der Waals surface area contributed by atoms with Crippen LogP contribution in [0.15, 0.2) is 41.4 Å². The van der Waals surface area contributed by atoms with E-state index in [0.717, 1.165) is 30.2 Å². The van der Waals surface area contributed by atoms with Gasteiger partial charge in [-0.1, -0.05) is 59.4 Å². The van der Waals surface area contributed by atoms with Crippen molar-refractivity contribution in [1.29, 1.82) is 0 Å². The van der Waals surface area contributed by atoms with Crippen LogP contribution in [-0.4, -0.2) is 31.4 Å². The van der Waals surface area contributed by atoms with Gasteiger partial charge in [-0.05, 0) is 43.1 Å². The topological polar surface area (TPSA) is 40.6 Å². The van der Waals surface area contributed by atoms with E-state index in [0.29, 0.717) is 0 Å². The Bertz CT molecular complexity index is 650. The van der Waals surface area contributed by atoms with E-state index >= 15 is 0 Å². The molecular formula is C22H37NO3SSi. The molecule has 1 aromatic heterocycles. The van der Waals surface area contributed by atoms with Crippen LogP contribution >= 0.6 is 11.8 Å². The van der Waals surface area contributed by atoms with Crippen LogP contribution in [0.1, 0.15) is 54.4 Å². The minimum Gasteiger partial charge on any atom is -0.544 e. The monoisotopic (exact) mass is 423 g/mol. The summed E-state index contributed by atoms with van der Waals surface area (Å²) in [6, 6.07) is 5.94. The number of allylic oxidation sites excluding steroid dienone is 1. The predicted octanol–water partition coefficient (Wildman–Crippen LogP) is 6.60. The molecule has 2 heterocycles. The highest BCUT2D eigenvalue weighted by Gasteiger charge is 2.41. The smallest absolute Gasteiger partial charge is 0.250 e. The summed E-state index contributed by atoms with van der Waals surface area (Å²) in [5.41, 5.74) is -0.178. The Labute approximate surface area is 176 Å². The first-order valence-electron chi connectivity index (χ1n) is 10.1. The summed E-state index contributed by atoms with van der Waals surface area (Å²) in [7, 11) is -1.94. The van der Waals surface area contributed by atoms with Gasteiger partial charge in [-0.25, -0.2) is 4.98 Å². The molecule has 158 valence electrons. The second-order valence-corrected chi connectivity index (χ2v) is 15.8. The number of pyridine rings is 1. The number of aromatic nitrogens is 1. The number of rotatable bonds is 6. The molecule has 4 nitrogen and oxygen atoms in total. The zero-order valence-corrected chi connectivity index (χ0v) is 20.6. The van der Waals surface area contributed by atoms with Crippen LogP contribution in [0.5, 0.6) is 0 Å². The number of nitrogens with zero attached hydrogens (tertiary/aromatic N) is 1. The van der Waals surface area contributed by atoms with Crippen molar-refractivity contribution >= 4 is 20.1 Å². The second-order valence-electron chi connectivity index (χ2n) is 9.94. The van der Waals surface area contributed by atoms with Gasteiger partial charge in [0.15, 0.2) is 0 Å². The largest absolute Gasteiger partial charge is 0.544 e. The fourth-order valence-corrected chi connectivity index (χ4v) is 4.68. The molecule has 2 rings (SSSR count). The lowest BCUT2D eigenvalue weighted by molar-refractivity contribution is -0.0360. The summed E-state index contributed by atoms with van der Waals surface area (Å²) in [6.45, 7) is 18.6. The lowest BCUT2D eigenvalue weighted by atomic mass is 9.95. The van der Waals surface area contributed by atoms with Crippen molar-refractivity contribution in [2.75, 3.05) is 6.61 Å². The Kier molecular flexibility index (Phi) is 7.67. The molecule has 0 radical (unpaired) electrons. The van der Waals surface area contributed by atoms with E-state index in [1.165, 1.54) is 0 Å². The van der Waals surface area contributed by atoms with E-state index in [-0.39, 0.29) is 22.0 Å². The maximum atomic E-state index is 6.63. The highest BCUT2D eigenvalue weighted by atomic mass is 32.2. The second kappa shape index (κ2) is 9.22. The van der Waals surface area contributed by atoms with Gasteiger partial charge in [-0.3, -0.25) is 0 Å². The fraction of sp³-hybridized carbons (Fsp3) is 0.682. The molecule has 1 fully saturated rings. The normalized spacial score (nSPS) is 22.1. The summed E-state index contributed by atoms with van der Waals surface area (Å²) < 4.78 is 18.9. The fourth-order valence-electron chi connectivity index (χ4n) is 2.44. The van der Waals surface area contributed by atoms with Crippen LogP contribution in [0.25, 0.3) is 0 Å². The summed E-state index contributed by atoms with van der Waals surface area (Å²) in [4.78, 5) is 4.41. The molecule has 28 heavy (non-hydrogen) atoms. The SMILES string of the molecule is CC(C)(C)/C(=C/O[C@@H]1CCCO[C@H]1Sc1ccccn1)O[Si](C)(C)C(C)(C)C. The predicted molar refractivity (Wildman–Crippen MR) is 120 cm³/mol. The van der Waals surface area contributed by atoms with Gasteiger partial charge in [-0.2, -0.15) is 0 Å². The number of thioether (sulfide) groups is 1. The minimum absolute atomic E-state index is 0.0129. The molecular weight excluding hydrogens is 386 g/mol. The summed E-state index contributed by atoms with van der Waals surface area (Å²) >= 11 is 1.63. The molecule has 2 atom stereocenters. The Morgan fingerprint density at radius 3 is 2.50 bits per heavy atom. The van der Waals surface area contributed by atoms with Crippen LogP contribution in [0.3, 0.4) is 0 Å². The molecule has 0 aliphatic carbocycles. The van der Waals surface area contributed by atoms with E-state index in [1.54, 1.807) is 11.8 Å². The maximum absolute atomic E-state index is 6.63. The Morgan fingerprint density at radius 2 is 1.93 bits per heavy atom.